The van der Waals surface area contributed by atoms with Gasteiger partial charge in [-0.15, -0.1) is 0 Å². The van der Waals surface area contributed by atoms with Gasteiger partial charge in [0.15, 0.2) is 0 Å². The van der Waals surface area contributed by atoms with Crippen LogP contribution in [0.4, 0.5) is 18.9 Å². The molecule has 5 nitrogen and oxygen atoms in total. The molecular weight excluding hydrogens is 297 g/mol. The van der Waals surface area contributed by atoms with Gasteiger partial charge in [-0.3, -0.25) is 9.78 Å². The third-order valence-electron chi connectivity index (χ3n) is 3.43. The van der Waals surface area contributed by atoms with Gasteiger partial charge in [-0.05, 0) is 26.6 Å². The van der Waals surface area contributed by atoms with Gasteiger partial charge in [0.05, 0.1) is 24.0 Å². The number of anilines is 1. The molecular formula is C14H19F3N4O. The van der Waals surface area contributed by atoms with E-state index in [9.17, 15) is 18.0 Å². The Balaban J connectivity index is 1.97. The maximum absolute atomic E-state index is 12.7. The molecule has 2 rings (SSSR count). The molecule has 1 aromatic heterocycles. The molecule has 0 radical (unpaired) electrons. The Bertz CT molecular complexity index is 533. The number of alkyl halides is 3. The van der Waals surface area contributed by atoms with E-state index in [-0.39, 0.29) is 11.9 Å². The van der Waals surface area contributed by atoms with Crippen LogP contribution < -0.4 is 10.2 Å². The Labute approximate surface area is 127 Å². The zero-order valence-electron chi connectivity index (χ0n) is 12.5. The molecule has 0 saturated carbocycles. The first-order valence-electron chi connectivity index (χ1n) is 6.97. The zero-order valence-corrected chi connectivity index (χ0v) is 12.5. The molecule has 1 saturated heterocycles. The van der Waals surface area contributed by atoms with E-state index in [1.165, 1.54) is 6.20 Å². The highest BCUT2D eigenvalue weighted by molar-refractivity contribution is 5.78. The molecule has 1 aliphatic heterocycles. The van der Waals surface area contributed by atoms with E-state index >= 15 is 0 Å². The fourth-order valence-electron chi connectivity index (χ4n) is 2.43. The first kappa shape index (κ1) is 16.5. The number of amides is 1. The molecule has 0 aromatic carbocycles. The summed E-state index contributed by atoms with van der Waals surface area (Å²) in [6.45, 7) is 1.37. The summed E-state index contributed by atoms with van der Waals surface area (Å²) in [5.74, 6) is -0.0842. The molecule has 1 unspecified atom stereocenters. The number of nitrogens with zero attached hydrogens (tertiary/aromatic N) is 3. The second kappa shape index (κ2) is 6.51. The van der Waals surface area contributed by atoms with E-state index in [1.54, 1.807) is 19.0 Å². The van der Waals surface area contributed by atoms with Crippen molar-refractivity contribution in [3.63, 3.8) is 0 Å². The van der Waals surface area contributed by atoms with Crippen molar-refractivity contribution in [1.82, 2.24) is 15.2 Å². The van der Waals surface area contributed by atoms with Crippen LogP contribution in [0.15, 0.2) is 18.5 Å². The number of hydrogen-bond donors (Lipinski definition) is 1. The maximum atomic E-state index is 12.7. The lowest BCUT2D eigenvalue weighted by Gasteiger charge is -2.20. The van der Waals surface area contributed by atoms with Gasteiger partial charge in [-0.1, -0.05) is 0 Å². The van der Waals surface area contributed by atoms with Crippen LogP contribution in [0.3, 0.4) is 0 Å². The standard InChI is InChI=1S/C14H19F3N4O/c1-20(2)9-13(22)19-11-3-4-21(8-11)12-5-10(6-18-7-12)14(15,16)17/h5-7,11H,3-4,8-9H2,1-2H3,(H,19,22). The lowest BCUT2D eigenvalue weighted by Crippen LogP contribution is -2.41. The van der Waals surface area contributed by atoms with Gasteiger partial charge >= 0.3 is 6.18 Å². The lowest BCUT2D eigenvalue weighted by molar-refractivity contribution is -0.137. The summed E-state index contributed by atoms with van der Waals surface area (Å²) in [7, 11) is 3.60. The largest absolute Gasteiger partial charge is 0.417 e. The van der Waals surface area contributed by atoms with Crippen molar-refractivity contribution in [1.29, 1.82) is 0 Å². The predicted molar refractivity (Wildman–Crippen MR) is 76.6 cm³/mol. The Morgan fingerprint density at radius 2 is 2.18 bits per heavy atom. The molecule has 1 amide bonds. The Morgan fingerprint density at radius 1 is 1.45 bits per heavy atom. The number of likely N-dealkylation sites (N-methyl/N-ethyl adjacent to an activating group) is 1. The first-order chi connectivity index (χ1) is 10.3. The van der Waals surface area contributed by atoms with Crippen LogP contribution in [-0.4, -0.2) is 55.6 Å². The molecule has 122 valence electrons. The SMILES string of the molecule is CN(C)CC(=O)NC1CCN(c2cncc(C(F)(F)F)c2)C1. The Hall–Kier alpha value is -1.83. The van der Waals surface area contributed by atoms with Crippen LogP contribution in [0.5, 0.6) is 0 Å². The summed E-state index contributed by atoms with van der Waals surface area (Å²) in [6, 6.07) is 1.04. The summed E-state index contributed by atoms with van der Waals surface area (Å²) in [4.78, 5) is 18.9. The van der Waals surface area contributed by atoms with Gasteiger partial charge < -0.3 is 15.1 Å². The second-order valence-electron chi connectivity index (χ2n) is 5.67. The minimum Gasteiger partial charge on any atom is -0.368 e. The zero-order chi connectivity index (χ0) is 16.3. The van der Waals surface area contributed by atoms with E-state index in [4.69, 9.17) is 0 Å². The number of hydrogen-bond acceptors (Lipinski definition) is 4. The average Bonchev–Trinajstić information content (AvgIpc) is 2.85. The van der Waals surface area contributed by atoms with Crippen molar-refractivity contribution in [2.75, 3.05) is 38.6 Å². The molecule has 2 heterocycles. The number of nitrogens with one attached hydrogen (secondary N) is 1. The fourth-order valence-corrected chi connectivity index (χ4v) is 2.43. The van der Waals surface area contributed by atoms with Crippen LogP contribution in [0.1, 0.15) is 12.0 Å². The third kappa shape index (κ3) is 4.33. The molecule has 1 aromatic rings. The molecule has 1 N–H and O–H groups in total. The molecule has 1 atom stereocenters. The molecule has 8 heteroatoms. The predicted octanol–water partition coefficient (Wildman–Crippen LogP) is 1.36. The van der Waals surface area contributed by atoms with Gasteiger partial charge in [0.1, 0.15) is 0 Å². The minimum absolute atomic E-state index is 0.0537. The van der Waals surface area contributed by atoms with E-state index in [0.29, 0.717) is 31.7 Å². The van der Waals surface area contributed by atoms with Crippen molar-refractivity contribution in [3.8, 4) is 0 Å². The molecule has 0 aliphatic carbocycles. The third-order valence-corrected chi connectivity index (χ3v) is 3.43. The number of rotatable bonds is 4. The summed E-state index contributed by atoms with van der Waals surface area (Å²) in [5.41, 5.74) is -0.329. The van der Waals surface area contributed by atoms with Crippen LogP contribution in [0, 0.1) is 0 Å². The lowest BCUT2D eigenvalue weighted by atomic mass is 10.2. The number of halogens is 3. The molecule has 1 fully saturated rings. The van der Waals surface area contributed by atoms with Crippen LogP contribution in [0.2, 0.25) is 0 Å². The fraction of sp³-hybridized carbons (Fsp3) is 0.571. The van der Waals surface area contributed by atoms with Gasteiger partial charge in [0, 0.05) is 25.3 Å². The summed E-state index contributed by atoms with van der Waals surface area (Å²) in [5, 5.41) is 2.89. The normalized spacial score (nSPS) is 18.8. The molecule has 0 spiro atoms. The van der Waals surface area contributed by atoms with Gasteiger partial charge in [-0.25, -0.2) is 0 Å². The van der Waals surface area contributed by atoms with Crippen molar-refractivity contribution in [2.24, 2.45) is 0 Å². The Morgan fingerprint density at radius 3 is 2.82 bits per heavy atom. The van der Waals surface area contributed by atoms with Crippen LogP contribution in [-0.2, 0) is 11.0 Å². The van der Waals surface area contributed by atoms with E-state index in [0.717, 1.165) is 12.3 Å². The van der Waals surface area contributed by atoms with Crippen molar-refractivity contribution >= 4 is 11.6 Å². The topological polar surface area (TPSA) is 48.5 Å². The second-order valence-corrected chi connectivity index (χ2v) is 5.67. The monoisotopic (exact) mass is 316 g/mol. The highest BCUT2D eigenvalue weighted by Gasteiger charge is 2.32. The summed E-state index contributed by atoms with van der Waals surface area (Å²) in [6.07, 6.45) is -1.47. The first-order valence-corrected chi connectivity index (χ1v) is 6.97. The van der Waals surface area contributed by atoms with Gasteiger partial charge in [0.2, 0.25) is 5.91 Å². The highest BCUT2D eigenvalue weighted by Crippen LogP contribution is 2.31. The molecule has 0 bridgehead atoms. The van der Waals surface area contributed by atoms with E-state index < -0.39 is 11.7 Å². The summed E-state index contributed by atoms with van der Waals surface area (Å²) < 4.78 is 38.1. The number of carbonyl (C=O) groups is 1. The highest BCUT2D eigenvalue weighted by atomic mass is 19.4. The molecule has 22 heavy (non-hydrogen) atoms. The van der Waals surface area contributed by atoms with E-state index in [1.807, 2.05) is 4.90 Å². The number of aromatic nitrogens is 1. The van der Waals surface area contributed by atoms with Crippen molar-refractivity contribution in [2.45, 2.75) is 18.6 Å². The smallest absolute Gasteiger partial charge is 0.368 e. The maximum Gasteiger partial charge on any atom is 0.417 e. The minimum atomic E-state index is -4.40. The van der Waals surface area contributed by atoms with Crippen molar-refractivity contribution in [3.05, 3.63) is 24.0 Å². The van der Waals surface area contributed by atoms with Crippen LogP contribution >= 0.6 is 0 Å². The van der Waals surface area contributed by atoms with Gasteiger partial charge in [0.25, 0.3) is 0 Å². The van der Waals surface area contributed by atoms with Crippen molar-refractivity contribution < 1.29 is 18.0 Å². The quantitative estimate of drug-likeness (QED) is 0.911. The Kier molecular flexibility index (Phi) is 4.90. The number of pyridine rings is 1. The van der Waals surface area contributed by atoms with Crippen LogP contribution in [0.25, 0.3) is 0 Å². The molecule has 1 aliphatic rings. The van der Waals surface area contributed by atoms with Gasteiger partial charge in [-0.2, -0.15) is 13.2 Å². The van der Waals surface area contributed by atoms with E-state index in [2.05, 4.69) is 10.3 Å². The number of carbonyl (C=O) groups excluding carboxylic acids is 1. The average molecular weight is 316 g/mol. The summed E-state index contributed by atoms with van der Waals surface area (Å²) >= 11 is 0.